The van der Waals surface area contributed by atoms with Gasteiger partial charge in [-0.2, -0.15) is 0 Å². The maximum Gasteiger partial charge on any atom is 0.260 e. The molecule has 0 fully saturated rings. The van der Waals surface area contributed by atoms with Gasteiger partial charge in [0.2, 0.25) is 0 Å². The molecule has 4 nitrogen and oxygen atoms in total. The van der Waals surface area contributed by atoms with Gasteiger partial charge in [-0.05, 0) is 25.5 Å². The van der Waals surface area contributed by atoms with E-state index in [0.29, 0.717) is 12.0 Å². The lowest BCUT2D eigenvalue weighted by Gasteiger charge is -2.28. The maximum atomic E-state index is 13.9. The van der Waals surface area contributed by atoms with Crippen molar-refractivity contribution in [3.8, 4) is 0 Å². The lowest BCUT2D eigenvalue weighted by atomic mass is 10.1. The van der Waals surface area contributed by atoms with Crippen molar-refractivity contribution in [1.82, 2.24) is 9.88 Å². The van der Waals surface area contributed by atoms with Crippen LogP contribution >= 0.6 is 11.6 Å². The van der Waals surface area contributed by atoms with Crippen LogP contribution in [0.2, 0.25) is 5.02 Å². The van der Waals surface area contributed by atoms with Crippen molar-refractivity contribution < 1.29 is 9.18 Å². The predicted molar refractivity (Wildman–Crippen MR) is 88.1 cm³/mol. The third kappa shape index (κ3) is 3.99. The average Bonchev–Trinajstić information content (AvgIpc) is 2.55. The van der Waals surface area contributed by atoms with Gasteiger partial charge in [0.1, 0.15) is 11.4 Å². The highest BCUT2D eigenvalue weighted by Crippen LogP contribution is 2.17. The molecule has 0 aliphatic heterocycles. The second-order valence-electron chi connectivity index (χ2n) is 5.34. The summed E-state index contributed by atoms with van der Waals surface area (Å²) in [5.41, 5.74) is -0.157. The molecule has 0 aliphatic carbocycles. The number of aromatic amines is 1. The van der Waals surface area contributed by atoms with Gasteiger partial charge in [0, 0.05) is 24.3 Å². The van der Waals surface area contributed by atoms with Crippen LogP contribution < -0.4 is 5.56 Å². The first-order valence-electron chi connectivity index (χ1n) is 7.36. The fourth-order valence-electron chi connectivity index (χ4n) is 2.23. The molecule has 0 saturated heterocycles. The minimum Gasteiger partial charge on any atom is -0.331 e. The van der Waals surface area contributed by atoms with Crippen molar-refractivity contribution in [2.45, 2.75) is 32.9 Å². The summed E-state index contributed by atoms with van der Waals surface area (Å²) in [7, 11) is 0. The number of carbonyl (C=O) groups is 1. The van der Waals surface area contributed by atoms with Crippen molar-refractivity contribution in [3.05, 3.63) is 68.8 Å². The van der Waals surface area contributed by atoms with Crippen molar-refractivity contribution in [1.29, 1.82) is 0 Å². The number of nitrogens with one attached hydrogen (secondary N) is 1. The van der Waals surface area contributed by atoms with Crippen LogP contribution in [0.3, 0.4) is 0 Å². The van der Waals surface area contributed by atoms with Gasteiger partial charge in [-0.25, -0.2) is 4.39 Å². The number of benzene rings is 1. The van der Waals surface area contributed by atoms with Gasteiger partial charge < -0.3 is 9.88 Å². The monoisotopic (exact) mass is 336 g/mol. The number of aromatic nitrogens is 1. The van der Waals surface area contributed by atoms with Crippen LogP contribution in [0, 0.1) is 5.82 Å². The Morgan fingerprint density at radius 2 is 2.09 bits per heavy atom. The Morgan fingerprint density at radius 3 is 2.74 bits per heavy atom. The topological polar surface area (TPSA) is 53.2 Å². The lowest BCUT2D eigenvalue weighted by Crippen LogP contribution is -2.40. The van der Waals surface area contributed by atoms with E-state index >= 15 is 0 Å². The number of carbonyl (C=O) groups excluding carboxylic acids is 1. The molecule has 6 heteroatoms. The molecule has 23 heavy (non-hydrogen) atoms. The van der Waals surface area contributed by atoms with E-state index in [2.05, 4.69) is 4.98 Å². The zero-order valence-corrected chi connectivity index (χ0v) is 13.7. The Kier molecular flexibility index (Phi) is 5.55. The fraction of sp³-hybridized carbons (Fsp3) is 0.294. The van der Waals surface area contributed by atoms with E-state index in [1.165, 1.54) is 23.2 Å². The summed E-state index contributed by atoms with van der Waals surface area (Å²) >= 11 is 5.86. The summed E-state index contributed by atoms with van der Waals surface area (Å²) in [5.74, 6) is -0.847. The number of hydrogen-bond acceptors (Lipinski definition) is 2. The predicted octanol–water partition coefficient (Wildman–Crippen LogP) is 3.61. The van der Waals surface area contributed by atoms with E-state index in [4.69, 9.17) is 11.6 Å². The number of halogens is 2. The summed E-state index contributed by atoms with van der Waals surface area (Å²) in [5, 5.41) is 0.267. The van der Waals surface area contributed by atoms with Crippen LogP contribution in [-0.2, 0) is 6.54 Å². The lowest BCUT2D eigenvalue weighted by molar-refractivity contribution is 0.0667. The van der Waals surface area contributed by atoms with Crippen LogP contribution in [0.25, 0.3) is 0 Å². The van der Waals surface area contributed by atoms with E-state index in [-0.39, 0.29) is 29.0 Å². The second kappa shape index (κ2) is 7.42. The standard InChI is InChI=1S/C17H18ClFN2O2/c1-3-11(2)21(10-12-6-4-5-7-15(12)19)17(23)14-8-13(18)9-20-16(14)22/h4-9,11H,3,10H2,1-2H3,(H,20,22). The molecule has 1 amide bonds. The van der Waals surface area contributed by atoms with E-state index in [9.17, 15) is 14.0 Å². The number of nitrogens with zero attached hydrogens (tertiary/aromatic N) is 1. The highest BCUT2D eigenvalue weighted by atomic mass is 35.5. The summed E-state index contributed by atoms with van der Waals surface area (Å²) in [6, 6.07) is 7.46. The summed E-state index contributed by atoms with van der Waals surface area (Å²) < 4.78 is 13.9. The fourth-order valence-corrected chi connectivity index (χ4v) is 2.39. The maximum absolute atomic E-state index is 13.9. The Morgan fingerprint density at radius 1 is 1.39 bits per heavy atom. The molecule has 0 spiro atoms. The molecule has 2 aromatic rings. The highest BCUT2D eigenvalue weighted by Gasteiger charge is 2.24. The van der Waals surface area contributed by atoms with Gasteiger partial charge in [-0.3, -0.25) is 9.59 Å². The summed E-state index contributed by atoms with van der Waals surface area (Å²) in [6.45, 7) is 3.87. The first-order valence-corrected chi connectivity index (χ1v) is 7.74. The Hall–Kier alpha value is -2.14. The second-order valence-corrected chi connectivity index (χ2v) is 5.78. The molecule has 1 aromatic carbocycles. The van der Waals surface area contributed by atoms with Gasteiger partial charge in [-0.1, -0.05) is 36.7 Å². The molecule has 1 atom stereocenters. The molecule has 2 rings (SSSR count). The first-order chi connectivity index (χ1) is 10.9. The van der Waals surface area contributed by atoms with Gasteiger partial charge in [0.25, 0.3) is 11.5 Å². The molecule has 1 N–H and O–H groups in total. The minimum atomic E-state index is -0.513. The summed E-state index contributed by atoms with van der Waals surface area (Å²) in [6.07, 6.45) is 2.00. The van der Waals surface area contributed by atoms with Crippen LogP contribution in [0.5, 0.6) is 0 Å². The molecule has 0 radical (unpaired) electrons. The van der Waals surface area contributed by atoms with Gasteiger partial charge in [0.05, 0.1) is 5.02 Å². The zero-order chi connectivity index (χ0) is 17.0. The molecule has 1 heterocycles. The molecule has 0 saturated carbocycles. The van der Waals surface area contributed by atoms with Crippen molar-refractivity contribution >= 4 is 17.5 Å². The van der Waals surface area contributed by atoms with Crippen LogP contribution in [0.1, 0.15) is 36.2 Å². The van der Waals surface area contributed by atoms with Crippen molar-refractivity contribution in [3.63, 3.8) is 0 Å². The SMILES string of the molecule is CCC(C)N(Cc1ccccc1F)C(=O)c1cc(Cl)c[nH]c1=O. The smallest absolute Gasteiger partial charge is 0.260 e. The molecular weight excluding hydrogens is 319 g/mol. The largest absolute Gasteiger partial charge is 0.331 e. The normalized spacial score (nSPS) is 12.0. The zero-order valence-electron chi connectivity index (χ0n) is 13.0. The van der Waals surface area contributed by atoms with Crippen LogP contribution in [0.15, 0.2) is 41.3 Å². The molecule has 0 aliphatic rings. The number of amides is 1. The average molecular weight is 337 g/mol. The molecular formula is C17H18ClFN2O2. The molecule has 1 unspecified atom stereocenters. The van der Waals surface area contributed by atoms with E-state index < -0.39 is 11.5 Å². The van der Waals surface area contributed by atoms with E-state index in [1.54, 1.807) is 18.2 Å². The quantitative estimate of drug-likeness (QED) is 0.906. The van der Waals surface area contributed by atoms with Gasteiger partial charge in [-0.15, -0.1) is 0 Å². The number of pyridine rings is 1. The molecule has 0 bridgehead atoms. The number of H-pyrrole nitrogens is 1. The number of rotatable bonds is 5. The third-order valence-electron chi connectivity index (χ3n) is 3.78. The molecule has 122 valence electrons. The highest BCUT2D eigenvalue weighted by molar-refractivity contribution is 6.30. The Balaban J connectivity index is 2.39. The van der Waals surface area contributed by atoms with E-state index in [1.807, 2.05) is 13.8 Å². The van der Waals surface area contributed by atoms with Gasteiger partial charge >= 0.3 is 0 Å². The Bertz CT molecular complexity index is 760. The first kappa shape index (κ1) is 17.2. The van der Waals surface area contributed by atoms with Crippen molar-refractivity contribution in [2.75, 3.05) is 0 Å². The van der Waals surface area contributed by atoms with Crippen LogP contribution in [0.4, 0.5) is 4.39 Å². The van der Waals surface area contributed by atoms with E-state index in [0.717, 1.165) is 0 Å². The Labute approximate surface area is 138 Å². The van der Waals surface area contributed by atoms with Crippen molar-refractivity contribution in [2.24, 2.45) is 0 Å². The van der Waals surface area contributed by atoms with Gasteiger partial charge in [0.15, 0.2) is 0 Å². The number of hydrogen-bond donors (Lipinski definition) is 1. The van der Waals surface area contributed by atoms with Crippen LogP contribution in [-0.4, -0.2) is 21.8 Å². The summed E-state index contributed by atoms with van der Waals surface area (Å²) in [4.78, 5) is 28.6. The molecule has 1 aromatic heterocycles. The third-order valence-corrected chi connectivity index (χ3v) is 4.00. The minimum absolute atomic E-state index is 0.0471.